The lowest BCUT2D eigenvalue weighted by atomic mass is 9.95. The Hall–Kier alpha value is -1.59. The van der Waals surface area contributed by atoms with E-state index in [-0.39, 0.29) is 30.6 Å². The summed E-state index contributed by atoms with van der Waals surface area (Å²) in [7, 11) is 0. The first-order valence-corrected chi connectivity index (χ1v) is 5.78. The molecule has 17 heavy (non-hydrogen) atoms. The summed E-state index contributed by atoms with van der Waals surface area (Å²) in [4.78, 5) is 33.8. The van der Waals surface area contributed by atoms with Crippen molar-refractivity contribution < 1.29 is 19.5 Å². The van der Waals surface area contributed by atoms with Crippen molar-refractivity contribution in [3.8, 4) is 0 Å². The van der Waals surface area contributed by atoms with Gasteiger partial charge in [-0.25, -0.2) is 0 Å². The summed E-state index contributed by atoms with van der Waals surface area (Å²) in [5.74, 6) is -1.43. The zero-order chi connectivity index (χ0) is 13.0. The third-order valence-electron chi connectivity index (χ3n) is 3.07. The molecule has 0 radical (unpaired) electrons. The number of hydrogen-bond acceptors (Lipinski definition) is 3. The highest BCUT2D eigenvalue weighted by molar-refractivity contribution is 5.97. The lowest BCUT2D eigenvalue weighted by Crippen LogP contribution is -2.63. The molecule has 0 aromatic rings. The SMILES string of the molecule is CCC(C)[C@@H]1NC(=O)C(CCC(=O)O)NC1=O. The summed E-state index contributed by atoms with van der Waals surface area (Å²) < 4.78 is 0. The zero-order valence-corrected chi connectivity index (χ0v) is 10.0. The number of amides is 2. The number of hydrogen-bond donors (Lipinski definition) is 3. The van der Waals surface area contributed by atoms with Gasteiger partial charge < -0.3 is 15.7 Å². The molecular formula is C11H18N2O4. The number of carboxylic acid groups (broad SMARTS) is 1. The van der Waals surface area contributed by atoms with Crippen LogP contribution in [0.25, 0.3) is 0 Å². The van der Waals surface area contributed by atoms with E-state index in [0.717, 1.165) is 6.42 Å². The number of carbonyl (C=O) groups excluding carboxylic acids is 2. The Morgan fingerprint density at radius 2 is 2.00 bits per heavy atom. The normalized spacial score (nSPS) is 26.0. The molecule has 1 aliphatic rings. The first kappa shape index (κ1) is 13.5. The maximum atomic E-state index is 11.7. The van der Waals surface area contributed by atoms with Gasteiger partial charge in [-0.15, -0.1) is 0 Å². The lowest BCUT2D eigenvalue weighted by molar-refractivity contribution is -0.140. The molecule has 96 valence electrons. The first-order valence-electron chi connectivity index (χ1n) is 5.78. The molecule has 2 amide bonds. The Kier molecular flexibility index (Phi) is 4.48. The van der Waals surface area contributed by atoms with Crippen molar-refractivity contribution in [1.29, 1.82) is 0 Å². The van der Waals surface area contributed by atoms with Crippen molar-refractivity contribution in [3.63, 3.8) is 0 Å². The molecule has 1 fully saturated rings. The van der Waals surface area contributed by atoms with Gasteiger partial charge in [0.15, 0.2) is 0 Å². The average molecular weight is 242 g/mol. The van der Waals surface area contributed by atoms with Gasteiger partial charge in [0.05, 0.1) is 0 Å². The minimum absolute atomic E-state index is 0.0689. The summed E-state index contributed by atoms with van der Waals surface area (Å²) in [5, 5.41) is 13.7. The maximum Gasteiger partial charge on any atom is 0.303 e. The third kappa shape index (κ3) is 3.44. The summed E-state index contributed by atoms with van der Waals surface area (Å²) >= 11 is 0. The van der Waals surface area contributed by atoms with Crippen LogP contribution in [0.15, 0.2) is 0 Å². The topological polar surface area (TPSA) is 95.5 Å². The molecule has 3 atom stereocenters. The van der Waals surface area contributed by atoms with E-state index in [4.69, 9.17) is 5.11 Å². The molecule has 3 N–H and O–H groups in total. The quantitative estimate of drug-likeness (QED) is 0.626. The fourth-order valence-corrected chi connectivity index (χ4v) is 1.75. The largest absolute Gasteiger partial charge is 0.481 e. The number of carbonyl (C=O) groups is 3. The molecule has 0 bridgehead atoms. The molecule has 6 nitrogen and oxygen atoms in total. The van der Waals surface area contributed by atoms with Crippen molar-refractivity contribution in [3.05, 3.63) is 0 Å². The van der Waals surface area contributed by atoms with Gasteiger partial charge in [0.1, 0.15) is 12.1 Å². The van der Waals surface area contributed by atoms with E-state index in [2.05, 4.69) is 10.6 Å². The van der Waals surface area contributed by atoms with Gasteiger partial charge in [0.2, 0.25) is 11.8 Å². The predicted octanol–water partition coefficient (Wildman–Crippen LogP) is -0.119. The Labute approximate surface area is 99.8 Å². The molecule has 6 heteroatoms. The van der Waals surface area contributed by atoms with Gasteiger partial charge in [-0.2, -0.15) is 0 Å². The Morgan fingerprint density at radius 3 is 2.53 bits per heavy atom. The maximum absolute atomic E-state index is 11.7. The zero-order valence-electron chi connectivity index (χ0n) is 10.0. The van der Waals surface area contributed by atoms with Crippen molar-refractivity contribution >= 4 is 17.8 Å². The first-order chi connectivity index (χ1) is 7.95. The van der Waals surface area contributed by atoms with E-state index >= 15 is 0 Å². The van der Waals surface area contributed by atoms with Gasteiger partial charge in [-0.05, 0) is 12.3 Å². The van der Waals surface area contributed by atoms with Crippen LogP contribution in [0.3, 0.4) is 0 Å². The van der Waals surface area contributed by atoms with Gasteiger partial charge >= 0.3 is 5.97 Å². The number of piperazine rings is 1. The summed E-state index contributed by atoms with van der Waals surface area (Å²) in [6.07, 6.45) is 0.782. The minimum atomic E-state index is -0.976. The van der Waals surface area contributed by atoms with Crippen LogP contribution in [-0.2, 0) is 14.4 Å². The van der Waals surface area contributed by atoms with Gasteiger partial charge in [0.25, 0.3) is 0 Å². The van der Waals surface area contributed by atoms with Crippen LogP contribution >= 0.6 is 0 Å². The highest BCUT2D eigenvalue weighted by Gasteiger charge is 2.35. The molecule has 0 spiro atoms. The molecular weight excluding hydrogens is 224 g/mol. The van der Waals surface area contributed by atoms with Crippen LogP contribution in [0.1, 0.15) is 33.1 Å². The number of rotatable bonds is 5. The van der Waals surface area contributed by atoms with Crippen LogP contribution in [-0.4, -0.2) is 35.0 Å². The molecule has 0 aromatic carbocycles. The van der Waals surface area contributed by atoms with Crippen molar-refractivity contribution in [2.24, 2.45) is 5.92 Å². The van der Waals surface area contributed by atoms with Gasteiger partial charge in [-0.1, -0.05) is 20.3 Å². The third-order valence-corrected chi connectivity index (χ3v) is 3.07. The van der Waals surface area contributed by atoms with E-state index in [0.29, 0.717) is 0 Å². The molecule has 1 rings (SSSR count). The number of carboxylic acids is 1. The van der Waals surface area contributed by atoms with Crippen LogP contribution in [0.2, 0.25) is 0 Å². The molecule has 1 saturated heterocycles. The van der Waals surface area contributed by atoms with Crippen molar-refractivity contribution in [2.75, 3.05) is 0 Å². The van der Waals surface area contributed by atoms with Crippen LogP contribution in [0, 0.1) is 5.92 Å². The monoisotopic (exact) mass is 242 g/mol. The average Bonchev–Trinajstić information content (AvgIpc) is 2.28. The fraction of sp³-hybridized carbons (Fsp3) is 0.727. The molecule has 1 aliphatic heterocycles. The lowest BCUT2D eigenvalue weighted by Gasteiger charge is -2.32. The van der Waals surface area contributed by atoms with Gasteiger partial charge in [-0.3, -0.25) is 14.4 Å². The predicted molar refractivity (Wildman–Crippen MR) is 60.2 cm³/mol. The van der Waals surface area contributed by atoms with E-state index in [1.807, 2.05) is 13.8 Å². The van der Waals surface area contributed by atoms with E-state index in [9.17, 15) is 14.4 Å². The number of nitrogens with one attached hydrogen (secondary N) is 2. The second-order valence-electron chi connectivity index (χ2n) is 4.37. The van der Waals surface area contributed by atoms with Gasteiger partial charge in [0, 0.05) is 6.42 Å². The van der Waals surface area contributed by atoms with E-state index in [1.165, 1.54) is 0 Å². The second kappa shape index (κ2) is 5.65. The summed E-state index contributed by atoms with van der Waals surface area (Å²) in [6.45, 7) is 3.84. The Balaban J connectivity index is 2.58. The highest BCUT2D eigenvalue weighted by Crippen LogP contribution is 2.13. The highest BCUT2D eigenvalue weighted by atomic mass is 16.4. The molecule has 0 saturated carbocycles. The number of aliphatic carboxylic acids is 1. The minimum Gasteiger partial charge on any atom is -0.481 e. The molecule has 2 unspecified atom stereocenters. The van der Waals surface area contributed by atoms with E-state index < -0.39 is 18.1 Å². The Morgan fingerprint density at radius 1 is 1.35 bits per heavy atom. The van der Waals surface area contributed by atoms with Crippen molar-refractivity contribution in [1.82, 2.24) is 10.6 Å². The van der Waals surface area contributed by atoms with E-state index in [1.54, 1.807) is 0 Å². The van der Waals surface area contributed by atoms with Crippen molar-refractivity contribution in [2.45, 2.75) is 45.2 Å². The smallest absolute Gasteiger partial charge is 0.303 e. The summed E-state index contributed by atoms with van der Waals surface area (Å²) in [5.41, 5.74) is 0. The Bertz CT molecular complexity index is 329. The molecule has 1 heterocycles. The second-order valence-corrected chi connectivity index (χ2v) is 4.37. The molecule has 0 aliphatic carbocycles. The standard InChI is InChI=1S/C11H18N2O4/c1-3-6(2)9-11(17)12-7(10(16)13-9)4-5-8(14)15/h6-7,9H,3-5H2,1-2H3,(H,12,17)(H,13,16)(H,14,15)/t6?,7?,9-/m0/s1. The van der Waals surface area contributed by atoms with Crippen LogP contribution in [0.4, 0.5) is 0 Å². The van der Waals surface area contributed by atoms with Crippen LogP contribution < -0.4 is 10.6 Å². The van der Waals surface area contributed by atoms with Crippen LogP contribution in [0.5, 0.6) is 0 Å². The summed E-state index contributed by atoms with van der Waals surface area (Å²) in [6, 6.07) is -1.23. The fourth-order valence-electron chi connectivity index (χ4n) is 1.75. The molecule has 0 aromatic heterocycles.